The lowest BCUT2D eigenvalue weighted by Crippen LogP contribution is -2.08. The molecule has 0 spiro atoms. The second-order valence-electron chi connectivity index (χ2n) is 6.80. The highest BCUT2D eigenvalue weighted by atomic mass is 16.5. The monoisotopic (exact) mass is 394 g/mol. The Kier molecular flexibility index (Phi) is 6.66. The molecule has 152 valence electrons. The summed E-state index contributed by atoms with van der Waals surface area (Å²) in [6.07, 6.45) is 1.87. The van der Waals surface area contributed by atoms with E-state index in [1.54, 1.807) is 21.1 Å². The molecule has 0 amide bonds. The molecular weight excluding hydrogens is 368 g/mol. The minimum Gasteiger partial charge on any atom is -0.496 e. The minimum absolute atomic E-state index is 0.0952. The van der Waals surface area contributed by atoms with Crippen LogP contribution in [0, 0.1) is 11.8 Å². The van der Waals surface area contributed by atoms with Crippen molar-refractivity contribution in [1.82, 2.24) is 0 Å². The first-order valence-corrected chi connectivity index (χ1v) is 9.60. The molecule has 0 heterocycles. The maximum absolute atomic E-state index is 11.7. The summed E-state index contributed by atoms with van der Waals surface area (Å²) < 4.78 is 22.1. The van der Waals surface area contributed by atoms with E-state index in [0.29, 0.717) is 0 Å². The number of fused-ring (bicyclic) bond motifs is 1. The zero-order valence-corrected chi connectivity index (χ0v) is 17.3. The SMILES string of the molecule is CC#CC(CC(=O)OC)c1ccc(OC2CCc3c(OC)ccc(OC)c32)cc1. The van der Waals surface area contributed by atoms with Gasteiger partial charge in [-0.2, -0.15) is 0 Å². The third-order valence-corrected chi connectivity index (χ3v) is 5.17. The summed E-state index contributed by atoms with van der Waals surface area (Å²) in [6.45, 7) is 1.76. The number of ether oxygens (including phenoxy) is 4. The first kappa shape index (κ1) is 20.6. The van der Waals surface area contributed by atoms with Gasteiger partial charge in [0.15, 0.2) is 0 Å². The standard InChI is InChI=1S/C24H26O5/c1-5-6-17(15-23(25)28-4)16-7-9-18(10-8-16)29-22-12-11-19-20(26-2)13-14-21(27-3)24(19)22/h7-10,13-14,17,22H,11-12,15H2,1-4H3. The Labute approximate surface area is 171 Å². The van der Waals surface area contributed by atoms with Crippen LogP contribution in [-0.2, 0) is 16.0 Å². The molecule has 1 aliphatic rings. The lowest BCUT2D eigenvalue weighted by atomic mass is 9.96. The van der Waals surface area contributed by atoms with Crippen molar-refractivity contribution in [3.05, 3.63) is 53.1 Å². The molecule has 3 rings (SSSR count). The normalized spacial score (nSPS) is 15.5. The molecule has 0 saturated carbocycles. The van der Waals surface area contributed by atoms with Gasteiger partial charge in [-0.15, -0.1) is 5.92 Å². The Morgan fingerprint density at radius 2 is 1.76 bits per heavy atom. The lowest BCUT2D eigenvalue weighted by molar-refractivity contribution is -0.140. The summed E-state index contributed by atoms with van der Waals surface area (Å²) in [4.78, 5) is 11.7. The van der Waals surface area contributed by atoms with E-state index in [1.807, 2.05) is 36.4 Å². The molecule has 2 unspecified atom stereocenters. The molecule has 0 aromatic heterocycles. The fraction of sp³-hybridized carbons (Fsp3) is 0.375. The fourth-order valence-corrected chi connectivity index (χ4v) is 3.76. The number of rotatable bonds is 7. The minimum atomic E-state index is -0.276. The van der Waals surface area contributed by atoms with Crippen molar-refractivity contribution in [2.24, 2.45) is 0 Å². The highest BCUT2D eigenvalue weighted by Gasteiger charge is 2.30. The largest absolute Gasteiger partial charge is 0.496 e. The topological polar surface area (TPSA) is 54.0 Å². The van der Waals surface area contributed by atoms with Crippen LogP contribution in [0.15, 0.2) is 36.4 Å². The van der Waals surface area contributed by atoms with Crippen molar-refractivity contribution in [2.45, 2.75) is 38.2 Å². The van der Waals surface area contributed by atoms with Crippen molar-refractivity contribution in [2.75, 3.05) is 21.3 Å². The van der Waals surface area contributed by atoms with Crippen LogP contribution in [0.4, 0.5) is 0 Å². The molecule has 5 heteroatoms. The smallest absolute Gasteiger partial charge is 0.307 e. The second kappa shape index (κ2) is 9.38. The van der Waals surface area contributed by atoms with Crippen LogP contribution in [0.2, 0.25) is 0 Å². The molecule has 2 aromatic rings. The predicted octanol–water partition coefficient (Wildman–Crippen LogP) is 4.44. The first-order valence-electron chi connectivity index (χ1n) is 9.60. The van der Waals surface area contributed by atoms with Gasteiger partial charge in [-0.25, -0.2) is 0 Å². The van der Waals surface area contributed by atoms with Crippen LogP contribution in [0.1, 0.15) is 48.5 Å². The van der Waals surface area contributed by atoms with E-state index in [9.17, 15) is 4.79 Å². The van der Waals surface area contributed by atoms with E-state index >= 15 is 0 Å². The molecule has 29 heavy (non-hydrogen) atoms. The summed E-state index contributed by atoms with van der Waals surface area (Å²) >= 11 is 0. The summed E-state index contributed by atoms with van der Waals surface area (Å²) in [5, 5.41) is 0. The molecule has 2 aromatic carbocycles. The Hall–Kier alpha value is -3.13. The number of hydrogen-bond acceptors (Lipinski definition) is 5. The van der Waals surface area contributed by atoms with Crippen molar-refractivity contribution >= 4 is 5.97 Å². The third kappa shape index (κ3) is 4.48. The fourth-order valence-electron chi connectivity index (χ4n) is 3.76. The van der Waals surface area contributed by atoms with Crippen LogP contribution in [0.3, 0.4) is 0 Å². The summed E-state index contributed by atoms with van der Waals surface area (Å²) in [6, 6.07) is 11.6. The van der Waals surface area contributed by atoms with E-state index < -0.39 is 0 Å². The molecule has 0 aliphatic heterocycles. The van der Waals surface area contributed by atoms with Gasteiger partial charge in [0.1, 0.15) is 23.4 Å². The highest BCUT2D eigenvalue weighted by Crippen LogP contribution is 2.44. The zero-order valence-electron chi connectivity index (χ0n) is 17.3. The van der Waals surface area contributed by atoms with E-state index in [0.717, 1.165) is 46.8 Å². The summed E-state index contributed by atoms with van der Waals surface area (Å²) in [7, 11) is 4.74. The number of carbonyl (C=O) groups excluding carboxylic acids is 1. The quantitative estimate of drug-likeness (QED) is 0.513. The van der Waals surface area contributed by atoms with Gasteiger partial charge < -0.3 is 18.9 Å². The molecule has 5 nitrogen and oxygen atoms in total. The molecule has 0 radical (unpaired) electrons. The Morgan fingerprint density at radius 3 is 2.38 bits per heavy atom. The van der Waals surface area contributed by atoms with Gasteiger partial charge in [-0.3, -0.25) is 4.79 Å². The molecule has 2 atom stereocenters. The van der Waals surface area contributed by atoms with Crippen LogP contribution in [0.5, 0.6) is 17.2 Å². The van der Waals surface area contributed by atoms with Crippen LogP contribution in [-0.4, -0.2) is 27.3 Å². The number of benzene rings is 2. The molecule has 1 aliphatic carbocycles. The highest BCUT2D eigenvalue weighted by molar-refractivity contribution is 5.71. The molecule has 0 fully saturated rings. The van der Waals surface area contributed by atoms with Crippen LogP contribution >= 0.6 is 0 Å². The van der Waals surface area contributed by atoms with Gasteiger partial charge in [0.05, 0.1) is 33.7 Å². The van der Waals surface area contributed by atoms with Gasteiger partial charge >= 0.3 is 5.97 Å². The van der Waals surface area contributed by atoms with E-state index in [1.165, 1.54) is 7.11 Å². The first-order chi connectivity index (χ1) is 14.1. The van der Waals surface area contributed by atoms with E-state index in [2.05, 4.69) is 11.8 Å². The van der Waals surface area contributed by atoms with Crippen molar-refractivity contribution < 1.29 is 23.7 Å². The van der Waals surface area contributed by atoms with E-state index in [-0.39, 0.29) is 24.4 Å². The molecule has 0 N–H and O–H groups in total. The van der Waals surface area contributed by atoms with Crippen LogP contribution in [0.25, 0.3) is 0 Å². The molecule has 0 saturated heterocycles. The third-order valence-electron chi connectivity index (χ3n) is 5.17. The van der Waals surface area contributed by atoms with Gasteiger partial charge in [-0.1, -0.05) is 18.1 Å². The lowest BCUT2D eigenvalue weighted by Gasteiger charge is -2.19. The van der Waals surface area contributed by atoms with Crippen molar-refractivity contribution in [3.8, 4) is 29.1 Å². The van der Waals surface area contributed by atoms with E-state index in [4.69, 9.17) is 18.9 Å². The Balaban J connectivity index is 1.79. The van der Waals surface area contributed by atoms with Crippen molar-refractivity contribution in [1.29, 1.82) is 0 Å². The number of esters is 1. The van der Waals surface area contributed by atoms with Gasteiger partial charge in [0.25, 0.3) is 0 Å². The maximum Gasteiger partial charge on any atom is 0.307 e. The average molecular weight is 394 g/mol. The Morgan fingerprint density at radius 1 is 1.07 bits per heavy atom. The van der Waals surface area contributed by atoms with Crippen LogP contribution < -0.4 is 14.2 Å². The zero-order chi connectivity index (χ0) is 20.8. The second-order valence-corrected chi connectivity index (χ2v) is 6.80. The summed E-state index contributed by atoms with van der Waals surface area (Å²) in [5.41, 5.74) is 3.16. The summed E-state index contributed by atoms with van der Waals surface area (Å²) in [5.74, 6) is 7.94. The van der Waals surface area contributed by atoms with Gasteiger partial charge in [0.2, 0.25) is 0 Å². The Bertz CT molecular complexity index is 921. The van der Waals surface area contributed by atoms with Gasteiger partial charge in [0, 0.05) is 11.1 Å². The number of carbonyl (C=O) groups is 1. The predicted molar refractivity (Wildman–Crippen MR) is 111 cm³/mol. The van der Waals surface area contributed by atoms with Crippen molar-refractivity contribution in [3.63, 3.8) is 0 Å². The average Bonchev–Trinajstić information content (AvgIpc) is 3.17. The van der Waals surface area contributed by atoms with Gasteiger partial charge in [-0.05, 0) is 49.6 Å². The number of methoxy groups -OCH3 is 3. The molecule has 0 bridgehead atoms. The molecular formula is C24H26O5. The maximum atomic E-state index is 11.7. The number of hydrogen-bond donors (Lipinski definition) is 0.